The summed E-state index contributed by atoms with van der Waals surface area (Å²) in [6.45, 7) is 0.580. The van der Waals surface area contributed by atoms with Gasteiger partial charge in [0.15, 0.2) is 0 Å². The predicted octanol–water partition coefficient (Wildman–Crippen LogP) is -0.439. The molecule has 1 heterocycles. The van der Waals surface area contributed by atoms with E-state index in [1.807, 2.05) is 0 Å². The molecule has 0 aromatic rings. The van der Waals surface area contributed by atoms with Gasteiger partial charge in [0.2, 0.25) is 0 Å². The van der Waals surface area contributed by atoms with Crippen molar-refractivity contribution in [3.63, 3.8) is 0 Å². The van der Waals surface area contributed by atoms with Gasteiger partial charge in [-0.1, -0.05) is 0 Å². The van der Waals surface area contributed by atoms with E-state index in [0.29, 0.717) is 6.54 Å². The zero-order valence-corrected chi connectivity index (χ0v) is 6.43. The van der Waals surface area contributed by atoms with Crippen molar-refractivity contribution in [1.82, 2.24) is 0 Å². The fourth-order valence-corrected chi connectivity index (χ4v) is 2.50. The minimum absolute atomic E-state index is 0.127. The summed E-state index contributed by atoms with van der Waals surface area (Å²) >= 11 is 1.21. The van der Waals surface area contributed by atoms with E-state index >= 15 is 0 Å². The molecule has 0 bridgehead atoms. The van der Waals surface area contributed by atoms with Crippen LogP contribution in [0.2, 0.25) is 0 Å². The monoisotopic (exact) mass is 169 g/mol. The van der Waals surface area contributed by atoms with Gasteiger partial charge in [-0.2, -0.15) is 0 Å². The predicted molar refractivity (Wildman–Crippen MR) is 39.7 cm³/mol. The van der Waals surface area contributed by atoms with Crippen LogP contribution in [0.1, 0.15) is 0 Å². The molecule has 0 amide bonds. The summed E-state index contributed by atoms with van der Waals surface area (Å²) in [6, 6.07) is 0. The van der Waals surface area contributed by atoms with Crippen molar-refractivity contribution in [3.05, 3.63) is 0 Å². The fourth-order valence-electron chi connectivity index (χ4n) is 0.538. The Labute approximate surface area is 57.2 Å². The first-order chi connectivity index (χ1) is 4.11. The molecule has 0 fully saturated rings. The molecule has 1 aliphatic rings. The van der Waals surface area contributed by atoms with Gasteiger partial charge in [-0.25, -0.2) is 0 Å². The molecule has 0 aromatic heterocycles. The molecule has 1 rings (SSSR count). The first-order valence-electron chi connectivity index (χ1n) is 2.45. The van der Waals surface area contributed by atoms with Crippen LogP contribution in [0.15, 0.2) is 4.99 Å². The second-order valence-corrected chi connectivity index (χ2v) is 4.86. The van der Waals surface area contributed by atoms with Gasteiger partial charge in [-0.15, -0.1) is 0 Å². The Morgan fingerprint density at radius 1 is 1.44 bits per heavy atom. The quantitative estimate of drug-likeness (QED) is 0.465. The Balaban J connectivity index is 2.61. The van der Waals surface area contributed by atoms with Gasteiger partial charge >= 0.3 is 56.5 Å². The van der Waals surface area contributed by atoms with Crippen LogP contribution in [0.4, 0.5) is 0 Å². The Hall–Kier alpha value is 0.330. The molecular formula is C3H8NO3PS. The van der Waals surface area contributed by atoms with Crippen LogP contribution in [0.25, 0.3) is 0 Å². The summed E-state index contributed by atoms with van der Waals surface area (Å²) in [6.07, 6.45) is 0. The van der Waals surface area contributed by atoms with Crippen LogP contribution in [-0.4, -0.2) is 31.8 Å². The molecule has 0 aliphatic carbocycles. The summed E-state index contributed by atoms with van der Waals surface area (Å²) in [5, 5.41) is 0. The van der Waals surface area contributed by atoms with Crippen molar-refractivity contribution in [2.45, 2.75) is 0 Å². The summed E-state index contributed by atoms with van der Waals surface area (Å²) in [5.74, 6) is 0.742. The molecule has 0 saturated heterocycles. The van der Waals surface area contributed by atoms with Gasteiger partial charge in [0, 0.05) is 0 Å². The van der Waals surface area contributed by atoms with Crippen LogP contribution in [0, 0.1) is 0 Å². The first-order valence-corrected chi connectivity index (χ1v) is 5.28. The van der Waals surface area contributed by atoms with Crippen molar-refractivity contribution < 1.29 is 14.7 Å². The Morgan fingerprint density at radius 2 is 2.11 bits per heavy atom. The Morgan fingerprint density at radius 3 is 2.33 bits per heavy atom. The van der Waals surface area contributed by atoms with Crippen LogP contribution >= 0.6 is 19.7 Å². The standard InChI is InChI=1S/C3H8NO3PS/c5-8(6,7)3-4-1-2-9-3/h5-8H,1-2H2. The van der Waals surface area contributed by atoms with Crippen LogP contribution in [-0.2, 0) is 0 Å². The maximum absolute atomic E-state index is 8.62. The van der Waals surface area contributed by atoms with Crippen molar-refractivity contribution in [2.24, 2.45) is 4.99 Å². The van der Waals surface area contributed by atoms with Crippen molar-refractivity contribution in [1.29, 1.82) is 0 Å². The third kappa shape index (κ3) is 1.88. The molecular weight excluding hydrogens is 161 g/mol. The van der Waals surface area contributed by atoms with E-state index in [2.05, 4.69) is 4.99 Å². The summed E-state index contributed by atoms with van der Waals surface area (Å²) in [5.41, 5.74) is 0. The third-order valence-corrected chi connectivity index (χ3v) is 3.65. The molecule has 0 unspecified atom stereocenters. The van der Waals surface area contributed by atoms with Crippen molar-refractivity contribution in [3.8, 4) is 0 Å². The van der Waals surface area contributed by atoms with Crippen LogP contribution in [0.5, 0.6) is 0 Å². The normalized spacial score (nSPS) is 21.9. The van der Waals surface area contributed by atoms with Gasteiger partial charge < -0.3 is 0 Å². The number of thioether (sulfide) groups is 1. The molecule has 0 atom stereocenters. The minimum atomic E-state index is -4.01. The Kier molecular flexibility index (Phi) is 2.08. The topological polar surface area (TPSA) is 73.0 Å². The summed E-state index contributed by atoms with van der Waals surface area (Å²) < 4.78 is 0. The van der Waals surface area contributed by atoms with Crippen LogP contribution < -0.4 is 0 Å². The van der Waals surface area contributed by atoms with Gasteiger partial charge in [-0.05, 0) is 0 Å². The van der Waals surface area contributed by atoms with E-state index < -0.39 is 7.94 Å². The zero-order chi connectivity index (χ0) is 6.91. The van der Waals surface area contributed by atoms with Crippen molar-refractivity contribution >= 4 is 24.5 Å². The fraction of sp³-hybridized carbons (Fsp3) is 0.667. The van der Waals surface area contributed by atoms with Gasteiger partial charge in [-0.3, -0.25) is 0 Å². The van der Waals surface area contributed by atoms with E-state index in [1.165, 1.54) is 11.8 Å². The molecule has 4 nitrogen and oxygen atoms in total. The second-order valence-electron chi connectivity index (χ2n) is 1.67. The molecule has 3 N–H and O–H groups in total. The Bertz CT molecular complexity index is 142. The van der Waals surface area contributed by atoms with Gasteiger partial charge in [0.25, 0.3) is 0 Å². The molecule has 0 saturated carbocycles. The van der Waals surface area contributed by atoms with E-state index in [4.69, 9.17) is 14.7 Å². The molecule has 0 radical (unpaired) electrons. The van der Waals surface area contributed by atoms with Crippen LogP contribution in [0.3, 0.4) is 0 Å². The number of hydrogen-bond donors (Lipinski definition) is 3. The zero-order valence-electron chi connectivity index (χ0n) is 4.61. The first kappa shape index (κ1) is 7.44. The summed E-state index contributed by atoms with van der Waals surface area (Å²) in [4.78, 5) is 29.7. The SMILES string of the molecule is O[PH](O)(O)C1=NCCS1. The number of nitrogens with zero attached hydrogens (tertiary/aromatic N) is 1. The van der Waals surface area contributed by atoms with Gasteiger partial charge in [0.1, 0.15) is 0 Å². The average Bonchev–Trinajstić information content (AvgIpc) is 2.08. The second kappa shape index (κ2) is 2.52. The molecule has 0 spiro atoms. The average molecular weight is 169 g/mol. The molecule has 0 aromatic carbocycles. The molecule has 9 heavy (non-hydrogen) atoms. The number of hydrogen-bond acceptors (Lipinski definition) is 5. The van der Waals surface area contributed by atoms with E-state index in [0.717, 1.165) is 5.75 Å². The summed E-state index contributed by atoms with van der Waals surface area (Å²) in [7, 11) is -4.01. The van der Waals surface area contributed by atoms with Crippen molar-refractivity contribution in [2.75, 3.05) is 12.3 Å². The number of rotatable bonds is 1. The molecule has 54 valence electrons. The molecule has 1 aliphatic heterocycles. The van der Waals surface area contributed by atoms with E-state index in [1.54, 1.807) is 0 Å². The van der Waals surface area contributed by atoms with Gasteiger partial charge in [0.05, 0.1) is 0 Å². The van der Waals surface area contributed by atoms with E-state index in [9.17, 15) is 0 Å². The molecule has 6 heteroatoms. The maximum atomic E-state index is 8.62. The van der Waals surface area contributed by atoms with E-state index in [-0.39, 0.29) is 4.78 Å². The number of aliphatic imine (C=N–C) groups is 1. The third-order valence-electron chi connectivity index (χ3n) is 0.872.